The van der Waals surface area contributed by atoms with Crippen LogP contribution < -0.4 is 5.32 Å². The minimum absolute atomic E-state index is 0.0428. The van der Waals surface area contributed by atoms with Gasteiger partial charge in [0.2, 0.25) is 11.8 Å². The Balaban J connectivity index is 1.50. The molecule has 0 radical (unpaired) electrons. The molecule has 1 aromatic heterocycles. The zero-order valence-electron chi connectivity index (χ0n) is 16.5. The lowest BCUT2D eigenvalue weighted by molar-refractivity contribution is -0.118. The molecular formula is C22H24N2O3S2. The van der Waals surface area contributed by atoms with Crippen LogP contribution in [-0.2, 0) is 27.8 Å². The molecule has 0 aliphatic rings. The van der Waals surface area contributed by atoms with Gasteiger partial charge in [0.1, 0.15) is 11.5 Å². The Labute approximate surface area is 177 Å². The fourth-order valence-corrected chi connectivity index (χ4v) is 4.29. The third-order valence-electron chi connectivity index (χ3n) is 4.40. The van der Waals surface area contributed by atoms with Crippen LogP contribution in [-0.4, -0.2) is 33.7 Å². The number of oxazole rings is 1. The molecule has 0 spiro atoms. The lowest BCUT2D eigenvalue weighted by atomic mass is 10.1. The van der Waals surface area contributed by atoms with Crippen molar-refractivity contribution in [3.05, 3.63) is 71.6 Å². The molecule has 0 bridgehead atoms. The van der Waals surface area contributed by atoms with Gasteiger partial charge in [0, 0.05) is 27.8 Å². The summed E-state index contributed by atoms with van der Waals surface area (Å²) in [5.41, 5.74) is 2.66. The number of benzene rings is 2. The quantitative estimate of drug-likeness (QED) is 0.522. The van der Waals surface area contributed by atoms with E-state index in [4.69, 9.17) is 4.42 Å². The normalized spacial score (nSPS) is 11.9. The number of carbonyl (C=O) groups is 1. The van der Waals surface area contributed by atoms with E-state index in [0.29, 0.717) is 23.9 Å². The Morgan fingerprint density at radius 2 is 1.86 bits per heavy atom. The predicted octanol–water partition coefficient (Wildman–Crippen LogP) is 3.98. The van der Waals surface area contributed by atoms with Gasteiger partial charge in [-0.2, -0.15) is 0 Å². The number of amides is 1. The molecule has 0 aliphatic carbocycles. The molecule has 7 heteroatoms. The highest BCUT2D eigenvalue weighted by Crippen LogP contribution is 2.25. The number of thioether (sulfide) groups is 1. The van der Waals surface area contributed by atoms with Crippen LogP contribution in [0.2, 0.25) is 0 Å². The second kappa shape index (κ2) is 10.4. The number of nitrogens with zero attached hydrogens (tertiary/aromatic N) is 1. The van der Waals surface area contributed by atoms with Crippen molar-refractivity contribution in [2.24, 2.45) is 0 Å². The molecule has 1 heterocycles. The summed E-state index contributed by atoms with van der Waals surface area (Å²) in [4.78, 5) is 17.7. The van der Waals surface area contributed by atoms with Gasteiger partial charge in [-0.15, -0.1) is 11.8 Å². The fraction of sp³-hybridized carbons (Fsp3) is 0.273. The Bertz CT molecular complexity index is 969. The highest BCUT2D eigenvalue weighted by atomic mass is 32.2. The molecule has 0 saturated heterocycles. The van der Waals surface area contributed by atoms with Gasteiger partial charge in [0.25, 0.3) is 0 Å². The molecule has 1 atom stereocenters. The summed E-state index contributed by atoms with van der Waals surface area (Å²) in [7, 11) is -1.35. The summed E-state index contributed by atoms with van der Waals surface area (Å²) in [6.45, 7) is 2.33. The van der Waals surface area contributed by atoms with Gasteiger partial charge in [-0.05, 0) is 49.4 Å². The van der Waals surface area contributed by atoms with Gasteiger partial charge in [-0.1, -0.05) is 30.3 Å². The maximum absolute atomic E-state index is 12.4. The van der Waals surface area contributed by atoms with Gasteiger partial charge in [-0.25, -0.2) is 4.98 Å². The first-order valence-electron chi connectivity index (χ1n) is 9.31. The standard InChI is InChI=1S/C22H24N2O3S2/c1-16-20(24-22(27-16)18-8-10-19(28-2)11-9-18)14-29(26)15-21(25)23-13-12-17-6-4-3-5-7-17/h3-11H,12-15H2,1-2H3,(H,23,25). The Morgan fingerprint density at radius 1 is 1.14 bits per heavy atom. The van der Waals surface area contributed by atoms with Crippen LogP contribution in [0.25, 0.3) is 11.5 Å². The number of hydrogen-bond donors (Lipinski definition) is 1. The molecule has 0 aliphatic heterocycles. The van der Waals surface area contributed by atoms with Crippen molar-refractivity contribution in [3.63, 3.8) is 0 Å². The van der Waals surface area contributed by atoms with Gasteiger partial charge in [0.05, 0.1) is 11.4 Å². The molecule has 2 aromatic carbocycles. The van der Waals surface area contributed by atoms with Gasteiger partial charge >= 0.3 is 0 Å². The molecule has 3 rings (SSSR count). The molecule has 29 heavy (non-hydrogen) atoms. The highest BCUT2D eigenvalue weighted by molar-refractivity contribution is 7.98. The average Bonchev–Trinajstić information content (AvgIpc) is 3.09. The minimum Gasteiger partial charge on any atom is -0.441 e. The van der Waals surface area contributed by atoms with E-state index in [-0.39, 0.29) is 17.4 Å². The van der Waals surface area contributed by atoms with E-state index in [1.54, 1.807) is 18.7 Å². The van der Waals surface area contributed by atoms with E-state index in [2.05, 4.69) is 10.3 Å². The number of aromatic nitrogens is 1. The fourth-order valence-electron chi connectivity index (χ4n) is 2.81. The third kappa shape index (κ3) is 6.30. The number of carbonyl (C=O) groups excluding carboxylic acids is 1. The third-order valence-corrected chi connectivity index (χ3v) is 6.32. The van der Waals surface area contributed by atoms with Crippen molar-refractivity contribution in [1.82, 2.24) is 10.3 Å². The van der Waals surface area contributed by atoms with Crippen LogP contribution in [0.5, 0.6) is 0 Å². The van der Waals surface area contributed by atoms with Crippen LogP contribution in [0.3, 0.4) is 0 Å². The first-order valence-corrected chi connectivity index (χ1v) is 12.0. The predicted molar refractivity (Wildman–Crippen MR) is 118 cm³/mol. The maximum atomic E-state index is 12.4. The van der Waals surface area contributed by atoms with Crippen LogP contribution in [0.4, 0.5) is 0 Å². The van der Waals surface area contributed by atoms with Crippen molar-refractivity contribution >= 4 is 28.5 Å². The molecule has 5 nitrogen and oxygen atoms in total. The topological polar surface area (TPSA) is 72.2 Å². The first kappa shape index (κ1) is 21.3. The summed E-state index contributed by atoms with van der Waals surface area (Å²) in [6, 6.07) is 17.9. The lowest BCUT2D eigenvalue weighted by Gasteiger charge is -2.05. The molecule has 1 N–H and O–H groups in total. The van der Waals surface area contributed by atoms with Crippen LogP contribution in [0, 0.1) is 6.92 Å². The SMILES string of the molecule is CSc1ccc(-c2nc(CS(=O)CC(=O)NCCc3ccccc3)c(C)o2)cc1. The largest absolute Gasteiger partial charge is 0.441 e. The monoisotopic (exact) mass is 428 g/mol. The smallest absolute Gasteiger partial charge is 0.232 e. The maximum Gasteiger partial charge on any atom is 0.232 e. The molecule has 1 amide bonds. The van der Waals surface area contributed by atoms with E-state index in [0.717, 1.165) is 22.4 Å². The summed E-state index contributed by atoms with van der Waals surface area (Å²) < 4.78 is 18.1. The zero-order valence-corrected chi connectivity index (χ0v) is 18.1. The summed E-state index contributed by atoms with van der Waals surface area (Å²) in [5.74, 6) is 1.08. The number of hydrogen-bond acceptors (Lipinski definition) is 5. The summed E-state index contributed by atoms with van der Waals surface area (Å²) >= 11 is 1.67. The van der Waals surface area contributed by atoms with E-state index in [1.807, 2.05) is 60.9 Å². The molecule has 1 unspecified atom stereocenters. The van der Waals surface area contributed by atoms with Gasteiger partial charge in [0.15, 0.2) is 0 Å². The van der Waals surface area contributed by atoms with Crippen LogP contribution >= 0.6 is 11.8 Å². The minimum atomic E-state index is -1.35. The Hall–Kier alpha value is -2.38. The summed E-state index contributed by atoms with van der Waals surface area (Å²) in [6.07, 6.45) is 2.77. The van der Waals surface area contributed by atoms with E-state index in [1.165, 1.54) is 0 Å². The molecule has 0 saturated carbocycles. The van der Waals surface area contributed by atoms with E-state index >= 15 is 0 Å². The van der Waals surface area contributed by atoms with Crippen LogP contribution in [0.1, 0.15) is 17.0 Å². The van der Waals surface area contributed by atoms with Gasteiger partial charge in [-0.3, -0.25) is 9.00 Å². The number of nitrogens with one attached hydrogen (secondary N) is 1. The van der Waals surface area contributed by atoms with Crippen molar-refractivity contribution < 1.29 is 13.4 Å². The Morgan fingerprint density at radius 3 is 2.55 bits per heavy atom. The van der Waals surface area contributed by atoms with Crippen molar-refractivity contribution in [1.29, 1.82) is 0 Å². The highest BCUT2D eigenvalue weighted by Gasteiger charge is 2.16. The van der Waals surface area contributed by atoms with Crippen LogP contribution in [0.15, 0.2) is 63.9 Å². The average molecular weight is 429 g/mol. The molecular weight excluding hydrogens is 404 g/mol. The second-order valence-corrected chi connectivity index (χ2v) is 8.90. The summed E-state index contributed by atoms with van der Waals surface area (Å²) in [5, 5.41) is 2.83. The zero-order chi connectivity index (χ0) is 20.6. The van der Waals surface area contributed by atoms with Gasteiger partial charge < -0.3 is 9.73 Å². The van der Waals surface area contributed by atoms with Crippen molar-refractivity contribution in [2.45, 2.75) is 24.0 Å². The Kier molecular flexibility index (Phi) is 7.66. The van der Waals surface area contributed by atoms with Crippen molar-refractivity contribution in [3.8, 4) is 11.5 Å². The number of rotatable bonds is 9. The first-order chi connectivity index (χ1) is 14.0. The second-order valence-electron chi connectivity index (χ2n) is 6.56. The van der Waals surface area contributed by atoms with E-state index in [9.17, 15) is 9.00 Å². The molecule has 152 valence electrons. The molecule has 0 fully saturated rings. The van der Waals surface area contributed by atoms with Crippen molar-refractivity contribution in [2.75, 3.05) is 18.6 Å². The number of aryl methyl sites for hydroxylation is 1. The molecule has 3 aromatic rings. The van der Waals surface area contributed by atoms with E-state index < -0.39 is 10.8 Å². The lowest BCUT2D eigenvalue weighted by Crippen LogP contribution is -2.30.